The smallest absolute Gasteiger partial charge is 0.315 e. The van der Waals surface area contributed by atoms with Crippen LogP contribution in [0.1, 0.15) is 5.56 Å². The van der Waals surface area contributed by atoms with Gasteiger partial charge >= 0.3 is 6.03 Å². The van der Waals surface area contributed by atoms with E-state index < -0.39 is 0 Å². The lowest BCUT2D eigenvalue weighted by atomic mass is 10.1. The highest BCUT2D eigenvalue weighted by Gasteiger charge is 2.32. The second kappa shape index (κ2) is 4.35. The van der Waals surface area contributed by atoms with Crippen molar-refractivity contribution < 1.29 is 9.59 Å². The predicted octanol–water partition coefficient (Wildman–Crippen LogP) is 1.12. The molecule has 0 atom stereocenters. The van der Waals surface area contributed by atoms with E-state index in [0.717, 1.165) is 6.42 Å². The van der Waals surface area contributed by atoms with Gasteiger partial charge in [-0.15, -0.1) is 0 Å². The van der Waals surface area contributed by atoms with Gasteiger partial charge in [-0.3, -0.25) is 9.69 Å². The van der Waals surface area contributed by atoms with Crippen molar-refractivity contribution in [2.45, 2.75) is 6.42 Å². The van der Waals surface area contributed by atoms with E-state index in [1.807, 2.05) is 30.3 Å². The summed E-state index contributed by atoms with van der Waals surface area (Å²) in [7, 11) is 1.52. The molecule has 1 fully saturated rings. The zero-order valence-corrected chi connectivity index (χ0v) is 9.22. The molecule has 0 saturated carbocycles. The highest BCUT2D eigenvalue weighted by Crippen LogP contribution is 2.09. The fraction of sp³-hybridized carbons (Fsp3) is 0.333. The van der Waals surface area contributed by atoms with Gasteiger partial charge in [0, 0.05) is 13.6 Å². The maximum Gasteiger partial charge on any atom is 0.326 e. The van der Waals surface area contributed by atoms with Gasteiger partial charge in [0.15, 0.2) is 0 Å². The molecule has 0 bridgehead atoms. The Morgan fingerprint density at radius 3 is 2.44 bits per heavy atom. The summed E-state index contributed by atoms with van der Waals surface area (Å²) in [4.78, 5) is 25.6. The highest BCUT2D eigenvalue weighted by molar-refractivity contribution is 6.01. The fourth-order valence-electron chi connectivity index (χ4n) is 1.74. The van der Waals surface area contributed by atoms with Crippen LogP contribution in [0.25, 0.3) is 0 Å². The third kappa shape index (κ3) is 2.05. The lowest BCUT2D eigenvalue weighted by Gasteiger charge is -2.14. The number of nitrogens with zero attached hydrogens (tertiary/aromatic N) is 2. The first kappa shape index (κ1) is 10.7. The van der Waals surface area contributed by atoms with Gasteiger partial charge < -0.3 is 4.90 Å². The Kier molecular flexibility index (Phi) is 2.90. The third-order valence-corrected chi connectivity index (χ3v) is 2.77. The van der Waals surface area contributed by atoms with Crippen molar-refractivity contribution in [3.63, 3.8) is 0 Å². The molecule has 4 nitrogen and oxygen atoms in total. The van der Waals surface area contributed by atoms with Crippen molar-refractivity contribution >= 4 is 11.9 Å². The quantitative estimate of drug-likeness (QED) is 0.713. The van der Waals surface area contributed by atoms with Crippen LogP contribution in [0, 0.1) is 0 Å². The van der Waals surface area contributed by atoms with E-state index in [9.17, 15) is 9.59 Å². The molecule has 1 aliphatic heterocycles. The first-order valence-electron chi connectivity index (χ1n) is 5.28. The zero-order valence-electron chi connectivity index (χ0n) is 9.22. The van der Waals surface area contributed by atoms with E-state index in [2.05, 4.69) is 0 Å². The Bertz CT molecular complexity index is 403. The Morgan fingerprint density at radius 1 is 1.19 bits per heavy atom. The molecule has 4 heteroatoms. The Balaban J connectivity index is 1.92. The summed E-state index contributed by atoms with van der Waals surface area (Å²) < 4.78 is 0. The number of rotatable bonds is 3. The van der Waals surface area contributed by atoms with Crippen LogP contribution in [0.15, 0.2) is 30.3 Å². The number of benzene rings is 1. The summed E-state index contributed by atoms with van der Waals surface area (Å²) in [5, 5.41) is 0. The van der Waals surface area contributed by atoms with E-state index in [4.69, 9.17) is 0 Å². The van der Waals surface area contributed by atoms with Crippen molar-refractivity contribution in [2.75, 3.05) is 20.1 Å². The van der Waals surface area contributed by atoms with Gasteiger partial charge in [-0.2, -0.15) is 0 Å². The predicted molar refractivity (Wildman–Crippen MR) is 59.9 cm³/mol. The molecule has 3 amide bonds. The molecule has 84 valence electrons. The van der Waals surface area contributed by atoms with Crippen molar-refractivity contribution in [3.05, 3.63) is 35.9 Å². The van der Waals surface area contributed by atoms with Gasteiger partial charge in [0.05, 0.1) is 0 Å². The lowest BCUT2D eigenvalue weighted by Crippen LogP contribution is -2.31. The summed E-state index contributed by atoms with van der Waals surface area (Å²) >= 11 is 0. The first-order chi connectivity index (χ1) is 7.68. The van der Waals surface area contributed by atoms with Crippen LogP contribution in [-0.2, 0) is 11.2 Å². The molecular weight excluding hydrogens is 204 g/mol. The van der Waals surface area contributed by atoms with Gasteiger partial charge in [-0.05, 0) is 12.0 Å². The molecule has 0 N–H and O–H groups in total. The second-order valence-corrected chi connectivity index (χ2v) is 3.89. The first-order valence-corrected chi connectivity index (χ1v) is 5.28. The summed E-state index contributed by atoms with van der Waals surface area (Å²) in [5.74, 6) is -0.127. The molecule has 1 saturated heterocycles. The number of likely N-dealkylation sites (N-methyl/N-ethyl adjacent to an activating group) is 1. The molecule has 1 aromatic carbocycles. The van der Waals surface area contributed by atoms with Gasteiger partial charge in [-0.25, -0.2) is 4.79 Å². The molecule has 1 aliphatic rings. The number of carbonyl (C=O) groups is 2. The minimum atomic E-state index is -0.194. The average molecular weight is 218 g/mol. The zero-order chi connectivity index (χ0) is 11.5. The Morgan fingerprint density at radius 2 is 1.88 bits per heavy atom. The summed E-state index contributed by atoms with van der Waals surface area (Å²) in [5.41, 5.74) is 1.18. The van der Waals surface area contributed by atoms with E-state index in [-0.39, 0.29) is 18.5 Å². The third-order valence-electron chi connectivity index (χ3n) is 2.77. The summed E-state index contributed by atoms with van der Waals surface area (Å²) in [6, 6.07) is 9.75. The Hall–Kier alpha value is -1.84. The van der Waals surface area contributed by atoms with Gasteiger partial charge in [0.25, 0.3) is 0 Å². The number of hydrogen-bond acceptors (Lipinski definition) is 2. The van der Waals surface area contributed by atoms with E-state index in [0.29, 0.717) is 6.54 Å². The summed E-state index contributed by atoms with van der Waals surface area (Å²) in [6.07, 6.45) is 0.785. The van der Waals surface area contributed by atoms with Crippen molar-refractivity contribution in [2.24, 2.45) is 0 Å². The Labute approximate surface area is 94.5 Å². The van der Waals surface area contributed by atoms with E-state index >= 15 is 0 Å². The molecule has 2 rings (SSSR count). The number of carbonyl (C=O) groups excluding carboxylic acids is 2. The molecule has 0 spiro atoms. The van der Waals surface area contributed by atoms with Crippen LogP contribution in [0.2, 0.25) is 0 Å². The normalized spacial score (nSPS) is 16.1. The van der Waals surface area contributed by atoms with E-state index in [1.165, 1.54) is 17.5 Å². The second-order valence-electron chi connectivity index (χ2n) is 3.89. The van der Waals surface area contributed by atoms with Crippen LogP contribution >= 0.6 is 0 Å². The maximum atomic E-state index is 11.6. The molecule has 0 aromatic heterocycles. The molecule has 0 unspecified atom stereocenters. The van der Waals surface area contributed by atoms with Crippen LogP contribution < -0.4 is 0 Å². The topological polar surface area (TPSA) is 40.6 Å². The van der Waals surface area contributed by atoms with Crippen LogP contribution in [0.5, 0.6) is 0 Å². The van der Waals surface area contributed by atoms with Crippen LogP contribution in [0.4, 0.5) is 4.79 Å². The minimum absolute atomic E-state index is 0.127. The number of amides is 3. The average Bonchev–Trinajstić information content (AvgIpc) is 2.56. The SMILES string of the molecule is CN1C(=O)CN(CCc2ccccc2)C1=O. The number of imide groups is 1. The van der Waals surface area contributed by atoms with Gasteiger partial charge in [0.1, 0.15) is 6.54 Å². The molecule has 0 aliphatic carbocycles. The molecule has 1 aromatic rings. The minimum Gasteiger partial charge on any atom is -0.315 e. The van der Waals surface area contributed by atoms with Crippen LogP contribution in [0.3, 0.4) is 0 Å². The highest BCUT2D eigenvalue weighted by atomic mass is 16.2. The summed E-state index contributed by atoms with van der Waals surface area (Å²) in [6.45, 7) is 0.807. The lowest BCUT2D eigenvalue weighted by molar-refractivity contribution is -0.124. The molecule has 16 heavy (non-hydrogen) atoms. The monoisotopic (exact) mass is 218 g/mol. The standard InChI is InChI=1S/C12H14N2O2/c1-13-11(15)9-14(12(13)16)8-7-10-5-3-2-4-6-10/h2-6H,7-9H2,1H3. The fourth-order valence-corrected chi connectivity index (χ4v) is 1.74. The largest absolute Gasteiger partial charge is 0.326 e. The molecular formula is C12H14N2O2. The van der Waals surface area contributed by atoms with Crippen molar-refractivity contribution in [1.82, 2.24) is 9.80 Å². The molecule has 1 heterocycles. The van der Waals surface area contributed by atoms with Gasteiger partial charge in [0.2, 0.25) is 5.91 Å². The van der Waals surface area contributed by atoms with E-state index in [1.54, 1.807) is 4.90 Å². The maximum absolute atomic E-state index is 11.6. The van der Waals surface area contributed by atoms with Crippen molar-refractivity contribution in [3.8, 4) is 0 Å². The number of hydrogen-bond donors (Lipinski definition) is 0. The van der Waals surface area contributed by atoms with Crippen LogP contribution in [-0.4, -0.2) is 41.9 Å². The number of urea groups is 1. The van der Waals surface area contributed by atoms with Crippen molar-refractivity contribution in [1.29, 1.82) is 0 Å². The van der Waals surface area contributed by atoms with Gasteiger partial charge in [-0.1, -0.05) is 30.3 Å². The molecule has 0 radical (unpaired) electrons.